The molecular formula is C23H32F3N5O2. The third-order valence-corrected chi connectivity index (χ3v) is 5.72. The van der Waals surface area contributed by atoms with Crippen molar-refractivity contribution in [1.29, 1.82) is 0 Å². The van der Waals surface area contributed by atoms with Crippen LogP contribution >= 0.6 is 0 Å². The van der Waals surface area contributed by atoms with Crippen molar-refractivity contribution in [2.24, 2.45) is 11.8 Å². The van der Waals surface area contributed by atoms with E-state index in [4.69, 9.17) is 0 Å². The van der Waals surface area contributed by atoms with Crippen LogP contribution in [0.25, 0.3) is 11.3 Å². The molecule has 2 aromatic rings. The van der Waals surface area contributed by atoms with Crippen molar-refractivity contribution in [1.82, 2.24) is 15.3 Å². The normalized spacial score (nSPS) is 16.0. The van der Waals surface area contributed by atoms with Gasteiger partial charge in [0.15, 0.2) is 0 Å². The van der Waals surface area contributed by atoms with E-state index in [1.807, 2.05) is 13.8 Å². The maximum absolute atomic E-state index is 12.7. The van der Waals surface area contributed by atoms with Gasteiger partial charge in [0, 0.05) is 18.2 Å². The van der Waals surface area contributed by atoms with Gasteiger partial charge in [-0.1, -0.05) is 26.0 Å². The molecule has 1 saturated heterocycles. The number of ether oxygens (including phenoxy) is 1. The molecule has 0 saturated carbocycles. The van der Waals surface area contributed by atoms with Crippen LogP contribution in [0.5, 0.6) is 5.75 Å². The van der Waals surface area contributed by atoms with E-state index in [9.17, 15) is 18.3 Å². The predicted octanol–water partition coefficient (Wildman–Crippen LogP) is 4.27. The number of halogens is 3. The average Bonchev–Trinajstić information content (AvgIpc) is 2.77. The molecule has 2 heterocycles. The average molecular weight is 468 g/mol. The van der Waals surface area contributed by atoms with Crippen LogP contribution in [-0.4, -0.2) is 53.7 Å². The highest BCUT2D eigenvalue weighted by Gasteiger charge is 2.31. The highest BCUT2D eigenvalue weighted by atomic mass is 19.4. The van der Waals surface area contributed by atoms with E-state index in [0.717, 1.165) is 38.9 Å². The zero-order valence-electron chi connectivity index (χ0n) is 19.0. The number of rotatable bonds is 10. The second kappa shape index (κ2) is 11.5. The van der Waals surface area contributed by atoms with E-state index in [2.05, 4.69) is 30.7 Å². The lowest BCUT2D eigenvalue weighted by molar-refractivity contribution is -0.274. The number of nitrogens with zero attached hydrogens (tertiary/aromatic N) is 2. The van der Waals surface area contributed by atoms with E-state index < -0.39 is 6.36 Å². The lowest BCUT2D eigenvalue weighted by atomic mass is 9.95. The first-order chi connectivity index (χ1) is 15.7. The highest BCUT2D eigenvalue weighted by Crippen LogP contribution is 2.29. The van der Waals surface area contributed by atoms with E-state index in [-0.39, 0.29) is 24.3 Å². The minimum Gasteiger partial charge on any atom is -0.406 e. The molecule has 0 spiro atoms. The van der Waals surface area contributed by atoms with Crippen molar-refractivity contribution in [3.63, 3.8) is 0 Å². The quantitative estimate of drug-likeness (QED) is 0.415. The number of aliphatic hydroxyl groups is 1. The Hall–Kier alpha value is -2.59. The molecule has 0 aliphatic carbocycles. The van der Waals surface area contributed by atoms with Crippen LogP contribution in [0, 0.1) is 11.8 Å². The standard InChI is InChI=1S/C23H32F3N5O2/c1-15(2)20(14-32)30-22-29-19(17-4-3-5-18(12-17)33-23(24,25)26)13-21(31-22)28-11-8-16-6-9-27-10-7-16/h3-5,12-13,15-16,20,27,32H,6-11,14H2,1-2H3,(H2,28,29,30,31)/t20-/m0/s1. The van der Waals surface area contributed by atoms with Gasteiger partial charge in [-0.25, -0.2) is 4.98 Å². The van der Waals surface area contributed by atoms with Crippen molar-refractivity contribution in [2.45, 2.75) is 45.5 Å². The topological polar surface area (TPSA) is 91.3 Å². The maximum atomic E-state index is 12.7. The second-order valence-electron chi connectivity index (χ2n) is 8.62. The first kappa shape index (κ1) is 25.0. The van der Waals surface area contributed by atoms with Gasteiger partial charge in [0.25, 0.3) is 0 Å². The number of anilines is 2. The molecule has 4 N–H and O–H groups in total. The van der Waals surface area contributed by atoms with Crippen molar-refractivity contribution < 1.29 is 23.0 Å². The molecule has 33 heavy (non-hydrogen) atoms. The SMILES string of the molecule is CC(C)[C@H](CO)Nc1nc(NCCC2CCNCC2)cc(-c2cccc(OC(F)(F)F)c2)n1. The lowest BCUT2D eigenvalue weighted by Crippen LogP contribution is -2.30. The summed E-state index contributed by atoms with van der Waals surface area (Å²) in [4.78, 5) is 9.02. The third-order valence-electron chi connectivity index (χ3n) is 5.72. The van der Waals surface area contributed by atoms with Crippen LogP contribution in [0.15, 0.2) is 30.3 Å². The number of hydrogen-bond donors (Lipinski definition) is 4. The number of aliphatic hydroxyl groups excluding tert-OH is 1. The minimum atomic E-state index is -4.77. The molecule has 1 aromatic carbocycles. The van der Waals surface area contributed by atoms with Crippen LogP contribution in [0.2, 0.25) is 0 Å². The molecule has 10 heteroatoms. The van der Waals surface area contributed by atoms with Crippen molar-refractivity contribution in [3.8, 4) is 17.0 Å². The lowest BCUT2D eigenvalue weighted by Gasteiger charge is -2.23. The molecule has 7 nitrogen and oxygen atoms in total. The van der Waals surface area contributed by atoms with Gasteiger partial charge in [-0.05, 0) is 56.3 Å². The first-order valence-corrected chi connectivity index (χ1v) is 11.3. The summed E-state index contributed by atoms with van der Waals surface area (Å²) in [7, 11) is 0. The Morgan fingerprint density at radius 3 is 2.61 bits per heavy atom. The molecule has 0 amide bonds. The highest BCUT2D eigenvalue weighted by molar-refractivity contribution is 5.66. The number of nitrogens with one attached hydrogen (secondary N) is 3. The number of alkyl halides is 3. The number of aromatic nitrogens is 2. The van der Waals surface area contributed by atoms with Gasteiger partial charge in [-0.15, -0.1) is 13.2 Å². The molecule has 0 radical (unpaired) electrons. The molecule has 1 aliphatic rings. The molecule has 1 aromatic heterocycles. The molecule has 1 aliphatic heterocycles. The van der Waals surface area contributed by atoms with Gasteiger partial charge in [-0.3, -0.25) is 0 Å². The van der Waals surface area contributed by atoms with E-state index in [1.54, 1.807) is 12.1 Å². The Kier molecular flexibility index (Phi) is 8.74. The molecule has 0 unspecified atom stereocenters. The van der Waals surface area contributed by atoms with E-state index >= 15 is 0 Å². The summed E-state index contributed by atoms with van der Waals surface area (Å²) in [5, 5.41) is 19.5. The maximum Gasteiger partial charge on any atom is 0.573 e. The van der Waals surface area contributed by atoms with Crippen LogP contribution in [0.3, 0.4) is 0 Å². The molecule has 1 fully saturated rings. The van der Waals surface area contributed by atoms with Gasteiger partial charge >= 0.3 is 6.36 Å². The predicted molar refractivity (Wildman–Crippen MR) is 122 cm³/mol. The molecular weight excluding hydrogens is 435 g/mol. The van der Waals surface area contributed by atoms with Crippen molar-refractivity contribution in [2.75, 3.05) is 36.9 Å². The zero-order chi connectivity index (χ0) is 23.8. The smallest absolute Gasteiger partial charge is 0.406 e. The van der Waals surface area contributed by atoms with Gasteiger partial charge in [0.05, 0.1) is 18.3 Å². The number of hydrogen-bond acceptors (Lipinski definition) is 7. The number of benzene rings is 1. The Morgan fingerprint density at radius 1 is 1.18 bits per heavy atom. The van der Waals surface area contributed by atoms with Crippen molar-refractivity contribution >= 4 is 11.8 Å². The van der Waals surface area contributed by atoms with Crippen LogP contribution < -0.4 is 20.7 Å². The second-order valence-corrected chi connectivity index (χ2v) is 8.62. The van der Waals surface area contributed by atoms with Gasteiger partial charge in [0.1, 0.15) is 11.6 Å². The summed E-state index contributed by atoms with van der Waals surface area (Å²) in [6, 6.07) is 7.15. The Morgan fingerprint density at radius 2 is 1.94 bits per heavy atom. The zero-order valence-corrected chi connectivity index (χ0v) is 19.0. The Balaban J connectivity index is 1.82. The molecule has 3 rings (SSSR count). The van der Waals surface area contributed by atoms with Crippen LogP contribution in [0.1, 0.15) is 33.1 Å². The van der Waals surface area contributed by atoms with Gasteiger partial charge in [0.2, 0.25) is 5.95 Å². The fourth-order valence-electron chi connectivity index (χ4n) is 3.77. The summed E-state index contributed by atoms with van der Waals surface area (Å²) < 4.78 is 42.0. The van der Waals surface area contributed by atoms with Gasteiger partial charge in [-0.2, -0.15) is 4.98 Å². The Bertz CT molecular complexity index is 889. The third kappa shape index (κ3) is 8.04. The summed E-state index contributed by atoms with van der Waals surface area (Å²) >= 11 is 0. The molecule has 0 bridgehead atoms. The molecule has 1 atom stereocenters. The summed E-state index contributed by atoms with van der Waals surface area (Å²) in [6.07, 6.45) is -1.49. The summed E-state index contributed by atoms with van der Waals surface area (Å²) in [5.41, 5.74) is 0.915. The number of piperidine rings is 1. The van der Waals surface area contributed by atoms with Gasteiger partial charge < -0.3 is 25.8 Å². The van der Waals surface area contributed by atoms with Crippen molar-refractivity contribution in [3.05, 3.63) is 30.3 Å². The summed E-state index contributed by atoms with van der Waals surface area (Å²) in [6.45, 7) is 6.63. The monoisotopic (exact) mass is 467 g/mol. The van der Waals surface area contributed by atoms with Crippen LogP contribution in [-0.2, 0) is 0 Å². The van der Waals surface area contributed by atoms with E-state index in [0.29, 0.717) is 28.9 Å². The minimum absolute atomic E-state index is 0.0986. The Labute approximate surface area is 192 Å². The fraction of sp³-hybridized carbons (Fsp3) is 0.565. The summed E-state index contributed by atoms with van der Waals surface area (Å²) in [5.74, 6) is 1.32. The van der Waals surface area contributed by atoms with Crippen LogP contribution in [0.4, 0.5) is 24.9 Å². The fourth-order valence-corrected chi connectivity index (χ4v) is 3.77. The first-order valence-electron chi connectivity index (χ1n) is 11.3. The largest absolute Gasteiger partial charge is 0.573 e. The van der Waals surface area contributed by atoms with E-state index in [1.165, 1.54) is 18.2 Å². The molecule has 182 valence electrons.